The van der Waals surface area contributed by atoms with Gasteiger partial charge in [-0.25, -0.2) is 13.1 Å². The van der Waals surface area contributed by atoms with Gasteiger partial charge in [-0.1, -0.05) is 46.7 Å². The fourth-order valence-electron chi connectivity index (χ4n) is 2.20. The number of aryl methyl sites for hydroxylation is 2. The normalized spacial score (nSPS) is 11.3. The number of sulfonamides is 1. The first-order valence-corrected chi connectivity index (χ1v) is 10.4. The molecule has 0 spiro atoms. The van der Waals surface area contributed by atoms with Crippen LogP contribution in [0.15, 0.2) is 53.4 Å². The van der Waals surface area contributed by atoms with Gasteiger partial charge in [0.2, 0.25) is 15.0 Å². The molecule has 0 unspecified atom stereocenters. The Kier molecular flexibility index (Phi) is 5.64. The van der Waals surface area contributed by atoms with Crippen LogP contribution in [0.3, 0.4) is 0 Å². The minimum atomic E-state index is -3.65. The zero-order valence-corrected chi connectivity index (χ0v) is 16.4. The van der Waals surface area contributed by atoms with Crippen molar-refractivity contribution in [3.05, 3.63) is 69.7 Å². The third kappa shape index (κ3) is 4.97. The van der Waals surface area contributed by atoms with Gasteiger partial charge in [0, 0.05) is 5.69 Å². The lowest BCUT2D eigenvalue weighted by Crippen LogP contribution is -2.23. The van der Waals surface area contributed by atoms with E-state index in [1.165, 1.54) is 12.1 Å². The Balaban J connectivity index is 1.62. The maximum atomic E-state index is 12.3. The predicted octanol–water partition coefficient (Wildman–Crippen LogP) is 2.89. The summed E-state index contributed by atoms with van der Waals surface area (Å²) in [5.41, 5.74) is 2.72. The molecule has 7 nitrogen and oxygen atoms in total. The molecule has 0 aliphatic heterocycles. The Hall–Kier alpha value is -2.62. The number of hydrogen-bond acceptors (Lipinski definition) is 6. The molecule has 0 aliphatic rings. The van der Waals surface area contributed by atoms with Crippen LogP contribution >= 0.6 is 11.3 Å². The molecule has 2 N–H and O–H groups in total. The molecule has 3 aromatic rings. The first-order valence-electron chi connectivity index (χ1n) is 8.10. The number of nitrogens with zero attached hydrogens (tertiary/aromatic N) is 2. The molecular weight excluding hydrogens is 384 g/mol. The summed E-state index contributed by atoms with van der Waals surface area (Å²) >= 11 is 1.04. The number of amides is 1. The molecule has 9 heteroatoms. The fraction of sp³-hybridized carbons (Fsp3) is 0.167. The van der Waals surface area contributed by atoms with E-state index in [0.717, 1.165) is 22.5 Å². The van der Waals surface area contributed by atoms with Gasteiger partial charge in [-0.2, -0.15) is 0 Å². The lowest BCUT2D eigenvalue weighted by atomic mass is 10.2. The summed E-state index contributed by atoms with van der Waals surface area (Å²) in [5.74, 6) is -0.385. The molecule has 0 radical (unpaired) electrons. The lowest BCUT2D eigenvalue weighted by Gasteiger charge is -2.05. The van der Waals surface area contributed by atoms with Gasteiger partial charge in [0.25, 0.3) is 5.91 Å². The van der Waals surface area contributed by atoms with Crippen molar-refractivity contribution in [3.8, 4) is 0 Å². The van der Waals surface area contributed by atoms with Gasteiger partial charge >= 0.3 is 0 Å². The van der Waals surface area contributed by atoms with E-state index in [1.807, 2.05) is 26.0 Å². The molecule has 0 fully saturated rings. The molecule has 1 heterocycles. The van der Waals surface area contributed by atoms with Crippen molar-refractivity contribution in [1.82, 2.24) is 14.9 Å². The SMILES string of the molecule is Cc1ccc(NC(=O)c2nnc(CNS(=O)(=O)c3ccc(C)cc3)s2)cc1. The van der Waals surface area contributed by atoms with Crippen LogP contribution in [0.5, 0.6) is 0 Å². The van der Waals surface area contributed by atoms with E-state index in [1.54, 1.807) is 24.3 Å². The van der Waals surface area contributed by atoms with E-state index in [9.17, 15) is 13.2 Å². The average Bonchev–Trinajstić information content (AvgIpc) is 3.12. The summed E-state index contributed by atoms with van der Waals surface area (Å²) in [6.45, 7) is 3.81. The highest BCUT2D eigenvalue weighted by molar-refractivity contribution is 7.89. The van der Waals surface area contributed by atoms with Crippen molar-refractivity contribution in [1.29, 1.82) is 0 Å². The van der Waals surface area contributed by atoms with E-state index in [0.29, 0.717) is 10.7 Å². The van der Waals surface area contributed by atoms with Crippen LogP contribution in [-0.4, -0.2) is 24.5 Å². The number of rotatable bonds is 6. The van der Waals surface area contributed by atoms with Crippen LogP contribution in [0.4, 0.5) is 5.69 Å². The van der Waals surface area contributed by atoms with Crippen molar-refractivity contribution in [2.24, 2.45) is 0 Å². The minimum Gasteiger partial charge on any atom is -0.320 e. The monoisotopic (exact) mass is 402 g/mol. The first-order chi connectivity index (χ1) is 12.8. The highest BCUT2D eigenvalue weighted by Crippen LogP contribution is 2.15. The smallest absolute Gasteiger partial charge is 0.286 e. The third-order valence-electron chi connectivity index (χ3n) is 3.72. The van der Waals surface area contributed by atoms with Gasteiger partial charge in [0.15, 0.2) is 0 Å². The standard InChI is InChI=1S/C18H18N4O3S2/c1-12-3-7-14(8-4-12)20-17(23)18-22-21-16(26-18)11-19-27(24,25)15-9-5-13(2)6-10-15/h3-10,19H,11H2,1-2H3,(H,20,23). The summed E-state index contributed by atoms with van der Waals surface area (Å²) in [5, 5.41) is 11.0. The van der Waals surface area contributed by atoms with Gasteiger partial charge in [-0.3, -0.25) is 4.79 Å². The van der Waals surface area contributed by atoms with Crippen LogP contribution in [0, 0.1) is 13.8 Å². The Bertz CT molecular complexity index is 1040. The number of hydrogen-bond donors (Lipinski definition) is 2. The van der Waals surface area contributed by atoms with E-state index >= 15 is 0 Å². The number of anilines is 1. The average molecular weight is 403 g/mol. The Morgan fingerprint density at radius 2 is 1.56 bits per heavy atom. The van der Waals surface area contributed by atoms with Gasteiger partial charge in [0.05, 0.1) is 11.4 Å². The number of carbonyl (C=O) groups excluding carboxylic acids is 1. The number of aromatic nitrogens is 2. The molecule has 27 heavy (non-hydrogen) atoms. The molecule has 0 saturated carbocycles. The lowest BCUT2D eigenvalue weighted by molar-refractivity contribution is 0.102. The molecule has 0 aliphatic carbocycles. The Morgan fingerprint density at radius 1 is 0.963 bits per heavy atom. The summed E-state index contributed by atoms with van der Waals surface area (Å²) in [4.78, 5) is 12.4. The summed E-state index contributed by atoms with van der Waals surface area (Å²) in [7, 11) is -3.65. The zero-order chi connectivity index (χ0) is 19.4. The third-order valence-corrected chi connectivity index (χ3v) is 6.05. The first kappa shape index (κ1) is 19.2. The van der Waals surface area contributed by atoms with E-state index < -0.39 is 10.0 Å². The second-order valence-corrected chi connectivity index (χ2v) is 8.79. The second-order valence-electron chi connectivity index (χ2n) is 5.96. The summed E-state index contributed by atoms with van der Waals surface area (Å²) in [6, 6.07) is 13.9. The number of benzene rings is 2. The highest BCUT2D eigenvalue weighted by Gasteiger charge is 2.17. The molecule has 140 valence electrons. The Morgan fingerprint density at radius 3 is 2.19 bits per heavy atom. The van der Waals surface area contributed by atoms with Gasteiger partial charge < -0.3 is 5.32 Å². The fourth-order valence-corrected chi connectivity index (χ4v) is 3.95. The van der Waals surface area contributed by atoms with Crippen LogP contribution in [0.2, 0.25) is 0 Å². The second kappa shape index (κ2) is 7.95. The van der Waals surface area contributed by atoms with Crippen molar-refractivity contribution in [3.63, 3.8) is 0 Å². The zero-order valence-electron chi connectivity index (χ0n) is 14.8. The molecular formula is C18H18N4O3S2. The van der Waals surface area contributed by atoms with Gasteiger partial charge in [-0.05, 0) is 38.1 Å². The summed E-state index contributed by atoms with van der Waals surface area (Å²) in [6.07, 6.45) is 0. The highest BCUT2D eigenvalue weighted by atomic mass is 32.2. The molecule has 3 rings (SSSR count). The molecule has 2 aromatic carbocycles. The molecule has 0 saturated heterocycles. The molecule has 0 atom stereocenters. The Labute approximate surface area is 161 Å². The quantitative estimate of drug-likeness (QED) is 0.660. The molecule has 1 amide bonds. The number of nitrogens with one attached hydrogen (secondary N) is 2. The van der Waals surface area contributed by atoms with Crippen LogP contribution < -0.4 is 10.0 Å². The predicted molar refractivity (Wildman–Crippen MR) is 104 cm³/mol. The number of carbonyl (C=O) groups is 1. The topological polar surface area (TPSA) is 101 Å². The van der Waals surface area contributed by atoms with Crippen LogP contribution in [-0.2, 0) is 16.6 Å². The summed E-state index contributed by atoms with van der Waals surface area (Å²) < 4.78 is 27.1. The van der Waals surface area contributed by atoms with Crippen molar-refractivity contribution in [2.75, 3.05) is 5.32 Å². The maximum Gasteiger partial charge on any atom is 0.286 e. The van der Waals surface area contributed by atoms with Gasteiger partial charge in [0.1, 0.15) is 5.01 Å². The van der Waals surface area contributed by atoms with Crippen molar-refractivity contribution >= 4 is 33.0 Å². The van der Waals surface area contributed by atoms with E-state index in [-0.39, 0.29) is 22.4 Å². The van der Waals surface area contributed by atoms with Gasteiger partial charge in [-0.15, -0.1) is 10.2 Å². The van der Waals surface area contributed by atoms with E-state index in [4.69, 9.17) is 0 Å². The van der Waals surface area contributed by atoms with Crippen LogP contribution in [0.25, 0.3) is 0 Å². The van der Waals surface area contributed by atoms with Crippen LogP contribution in [0.1, 0.15) is 25.9 Å². The molecule has 1 aromatic heterocycles. The minimum absolute atomic E-state index is 0.0360. The molecule has 0 bridgehead atoms. The van der Waals surface area contributed by atoms with E-state index in [2.05, 4.69) is 20.2 Å². The largest absolute Gasteiger partial charge is 0.320 e. The maximum absolute atomic E-state index is 12.3. The van der Waals surface area contributed by atoms with Crippen molar-refractivity contribution < 1.29 is 13.2 Å². The van der Waals surface area contributed by atoms with Crippen molar-refractivity contribution in [2.45, 2.75) is 25.3 Å².